The van der Waals surface area contributed by atoms with Crippen molar-refractivity contribution in [2.45, 2.75) is 0 Å². The lowest BCUT2D eigenvalue weighted by atomic mass is 10.3. The zero-order valence-electron chi connectivity index (χ0n) is 3.98. The second kappa shape index (κ2) is 2.04. The number of Topliss-reactive ketones (excluding diaryl/α,β-unsaturated/α-hetero) is 1. The predicted molar refractivity (Wildman–Crippen MR) is 24.9 cm³/mol. The molecule has 0 atom stereocenters. The van der Waals surface area contributed by atoms with Crippen molar-refractivity contribution >= 4 is 5.78 Å². The number of nitrogens with zero attached hydrogens (tertiary/aromatic N) is 1. The first-order valence-corrected chi connectivity index (χ1v) is 2.25. The number of hydrogen-bond acceptors (Lipinski definition) is 2. The van der Waals surface area contributed by atoms with E-state index < -0.39 is 0 Å². The Balaban J connectivity index is 2.25. The average molecular weight is 99.1 g/mol. The smallest absolute Gasteiger partial charge is 0.162 e. The molecule has 0 bridgehead atoms. The van der Waals surface area contributed by atoms with Gasteiger partial charge in [-0.15, -0.1) is 0 Å². The minimum Gasteiger partial charge on any atom is -0.297 e. The third kappa shape index (κ3) is 1.25. The fourth-order valence-electron chi connectivity index (χ4n) is 0.511. The fourth-order valence-corrected chi connectivity index (χ4v) is 0.511. The summed E-state index contributed by atoms with van der Waals surface area (Å²) in [6.07, 6.45) is 0. The topological polar surface area (TPSA) is 43.2 Å². The van der Waals surface area contributed by atoms with E-state index in [4.69, 9.17) is 0 Å². The van der Waals surface area contributed by atoms with Gasteiger partial charge in [-0.3, -0.25) is 10.1 Å². The van der Waals surface area contributed by atoms with Gasteiger partial charge in [0.05, 0.1) is 19.8 Å². The Morgan fingerprint density at radius 1 is 1.71 bits per heavy atom. The summed E-state index contributed by atoms with van der Waals surface area (Å²) in [5.41, 5.74) is 0. The minimum absolute atomic E-state index is 0.186. The Hall–Kier alpha value is -0.410. The Kier molecular flexibility index (Phi) is 1.38. The van der Waals surface area contributed by atoms with Crippen LogP contribution in [-0.4, -0.2) is 25.5 Å². The molecule has 1 aliphatic heterocycles. The first-order valence-electron chi connectivity index (χ1n) is 2.25. The molecule has 1 rings (SSSR count). The van der Waals surface area contributed by atoms with E-state index in [1.54, 1.807) is 0 Å². The van der Waals surface area contributed by atoms with E-state index in [1.165, 1.54) is 0 Å². The normalized spacial score (nSPS) is 22.6. The highest BCUT2D eigenvalue weighted by atomic mass is 16.1. The zero-order valence-corrected chi connectivity index (χ0v) is 3.98. The quantitative estimate of drug-likeness (QED) is 0.411. The molecule has 3 nitrogen and oxygen atoms in total. The molecule has 1 N–H and O–H groups in total. The molecular weight excluding hydrogens is 92.1 g/mol. The lowest BCUT2D eigenvalue weighted by molar-refractivity contribution is -0.118. The second-order valence-electron chi connectivity index (χ2n) is 1.51. The fraction of sp³-hybridized carbons (Fsp3) is 0.750. The third-order valence-electron chi connectivity index (χ3n) is 0.834. The number of carbonyl (C=O) groups is 1. The molecule has 0 aliphatic carbocycles. The van der Waals surface area contributed by atoms with Crippen molar-refractivity contribution in [1.29, 1.82) is 0 Å². The maximum absolute atomic E-state index is 10.3. The molecule has 39 valence electrons. The molecule has 3 heteroatoms. The highest BCUT2D eigenvalue weighted by Gasteiger charge is 2.05. The van der Waals surface area contributed by atoms with Gasteiger partial charge in [0, 0.05) is 0 Å². The molecule has 0 unspecified atom stereocenters. The van der Waals surface area contributed by atoms with Gasteiger partial charge in [0.2, 0.25) is 0 Å². The van der Waals surface area contributed by atoms with Gasteiger partial charge in [0.25, 0.3) is 0 Å². The molecule has 0 amide bonds. The largest absolute Gasteiger partial charge is 0.297 e. The van der Waals surface area contributed by atoms with Gasteiger partial charge in [-0.25, -0.2) is 5.32 Å². The summed E-state index contributed by atoms with van der Waals surface area (Å²) in [7, 11) is 0. The number of hydrogen-bond donors (Lipinski definition) is 1. The number of rotatable bonds is 0. The molecule has 7 heavy (non-hydrogen) atoms. The Morgan fingerprint density at radius 2 is 2.57 bits per heavy atom. The summed E-state index contributed by atoms with van der Waals surface area (Å²) in [6, 6.07) is 0. The summed E-state index contributed by atoms with van der Waals surface area (Å²) in [6.45, 7) is 1.56. The lowest BCUT2D eigenvalue weighted by Crippen LogP contribution is -2.40. The first-order chi connectivity index (χ1) is 3.39. The van der Waals surface area contributed by atoms with Crippen molar-refractivity contribution in [2.24, 2.45) is 0 Å². The van der Waals surface area contributed by atoms with Gasteiger partial charge < -0.3 is 0 Å². The molecule has 0 spiro atoms. The summed E-state index contributed by atoms with van der Waals surface area (Å²) < 4.78 is 0. The zero-order chi connectivity index (χ0) is 5.11. The first kappa shape index (κ1) is 4.74. The minimum atomic E-state index is 0.186. The standard InChI is InChI=1S/C4H7N2O/c7-4-1-5-3-6-2-4/h5H,1-3H2. The molecular formula is C4H7N2O. The molecule has 1 radical (unpaired) electrons. The van der Waals surface area contributed by atoms with E-state index in [1.807, 2.05) is 0 Å². The van der Waals surface area contributed by atoms with Gasteiger partial charge in [0.1, 0.15) is 0 Å². The molecule has 0 aromatic carbocycles. The van der Waals surface area contributed by atoms with Crippen molar-refractivity contribution in [3.8, 4) is 0 Å². The molecule has 0 aromatic rings. The highest BCUT2D eigenvalue weighted by molar-refractivity contribution is 5.82. The van der Waals surface area contributed by atoms with E-state index in [0.29, 0.717) is 19.8 Å². The number of carbonyl (C=O) groups excluding carboxylic acids is 1. The van der Waals surface area contributed by atoms with Crippen LogP contribution in [0.25, 0.3) is 0 Å². The van der Waals surface area contributed by atoms with Crippen LogP contribution in [0.1, 0.15) is 0 Å². The molecule has 0 saturated carbocycles. The maximum atomic E-state index is 10.3. The number of nitrogens with one attached hydrogen (secondary N) is 1. The van der Waals surface area contributed by atoms with Gasteiger partial charge >= 0.3 is 0 Å². The Bertz CT molecular complexity index is 73.8. The number of ketones is 1. The van der Waals surface area contributed by atoms with Crippen LogP contribution in [0.15, 0.2) is 0 Å². The van der Waals surface area contributed by atoms with Crippen LogP contribution in [-0.2, 0) is 4.79 Å². The van der Waals surface area contributed by atoms with Gasteiger partial charge in [-0.05, 0) is 0 Å². The summed E-state index contributed by atoms with van der Waals surface area (Å²) >= 11 is 0. The van der Waals surface area contributed by atoms with Crippen molar-refractivity contribution in [3.05, 3.63) is 0 Å². The van der Waals surface area contributed by atoms with Gasteiger partial charge in [-0.2, -0.15) is 0 Å². The average Bonchev–Trinajstić information content (AvgIpc) is 1.69. The molecule has 1 fully saturated rings. The van der Waals surface area contributed by atoms with E-state index in [9.17, 15) is 4.79 Å². The van der Waals surface area contributed by atoms with E-state index in [0.717, 1.165) is 0 Å². The highest BCUT2D eigenvalue weighted by Crippen LogP contribution is 1.73. The van der Waals surface area contributed by atoms with Crippen LogP contribution in [0.5, 0.6) is 0 Å². The molecule has 1 saturated heterocycles. The van der Waals surface area contributed by atoms with Crippen LogP contribution >= 0.6 is 0 Å². The van der Waals surface area contributed by atoms with Crippen LogP contribution in [0, 0.1) is 0 Å². The van der Waals surface area contributed by atoms with Gasteiger partial charge in [0.15, 0.2) is 5.78 Å². The van der Waals surface area contributed by atoms with E-state index >= 15 is 0 Å². The lowest BCUT2D eigenvalue weighted by Gasteiger charge is -2.08. The predicted octanol–water partition coefficient (Wildman–Crippen LogP) is -1.28. The second-order valence-corrected chi connectivity index (χ2v) is 1.51. The molecule has 1 aliphatic rings. The summed E-state index contributed by atoms with van der Waals surface area (Å²) in [5, 5.41) is 6.62. The monoisotopic (exact) mass is 99.1 g/mol. The third-order valence-corrected chi connectivity index (χ3v) is 0.834. The van der Waals surface area contributed by atoms with Gasteiger partial charge in [-0.1, -0.05) is 0 Å². The van der Waals surface area contributed by atoms with Crippen LogP contribution < -0.4 is 10.6 Å². The summed E-state index contributed by atoms with van der Waals surface area (Å²) in [5.74, 6) is 0.186. The van der Waals surface area contributed by atoms with Crippen molar-refractivity contribution in [2.75, 3.05) is 19.8 Å². The Morgan fingerprint density at radius 3 is 2.86 bits per heavy atom. The summed E-state index contributed by atoms with van der Waals surface area (Å²) in [4.78, 5) is 10.3. The van der Waals surface area contributed by atoms with Crippen molar-refractivity contribution in [1.82, 2.24) is 10.6 Å². The molecule has 1 heterocycles. The van der Waals surface area contributed by atoms with E-state index in [2.05, 4.69) is 10.6 Å². The van der Waals surface area contributed by atoms with Crippen LogP contribution in [0.3, 0.4) is 0 Å². The maximum Gasteiger partial charge on any atom is 0.162 e. The van der Waals surface area contributed by atoms with Crippen molar-refractivity contribution in [3.63, 3.8) is 0 Å². The molecule has 0 aromatic heterocycles. The Labute approximate surface area is 42.1 Å². The van der Waals surface area contributed by atoms with Crippen LogP contribution in [0.2, 0.25) is 0 Å². The van der Waals surface area contributed by atoms with Crippen LogP contribution in [0.4, 0.5) is 0 Å². The van der Waals surface area contributed by atoms with E-state index in [-0.39, 0.29) is 5.78 Å². The SMILES string of the molecule is O=C1C[N]CNC1. The van der Waals surface area contributed by atoms with Crippen molar-refractivity contribution < 1.29 is 4.79 Å².